The van der Waals surface area contributed by atoms with E-state index in [2.05, 4.69) is 10.2 Å². The van der Waals surface area contributed by atoms with Crippen molar-refractivity contribution < 1.29 is 24.4 Å². The average Bonchev–Trinajstić information content (AvgIpc) is 3.23. The van der Waals surface area contributed by atoms with Crippen molar-refractivity contribution in [3.8, 4) is 11.5 Å². The van der Waals surface area contributed by atoms with Crippen molar-refractivity contribution in [2.75, 3.05) is 40.0 Å². The van der Waals surface area contributed by atoms with Gasteiger partial charge >= 0.3 is 0 Å². The van der Waals surface area contributed by atoms with Crippen molar-refractivity contribution >= 4 is 24.8 Å². The fraction of sp³-hybridized carbons (Fsp3) is 0.760. The minimum atomic E-state index is -0.574. The number of ether oxygens (including phenoxy) is 3. The van der Waals surface area contributed by atoms with E-state index in [0.717, 1.165) is 44.3 Å². The number of rotatable bonds is 12. The normalized spacial score (nSPS) is 23.8. The van der Waals surface area contributed by atoms with Gasteiger partial charge in [-0.05, 0) is 43.4 Å². The molecular weight excluding hydrogens is 479 g/mol. The number of nitrogens with zero attached hydrogens (tertiary/aromatic N) is 1. The summed E-state index contributed by atoms with van der Waals surface area (Å²) in [5.41, 5.74) is 1.14. The summed E-state index contributed by atoms with van der Waals surface area (Å²) in [5, 5.41) is 23.2. The molecule has 1 aliphatic carbocycles. The summed E-state index contributed by atoms with van der Waals surface area (Å²) in [5.74, 6) is 1.31. The van der Waals surface area contributed by atoms with Crippen molar-refractivity contribution in [3.63, 3.8) is 0 Å². The van der Waals surface area contributed by atoms with Gasteiger partial charge in [-0.25, -0.2) is 0 Å². The topological polar surface area (TPSA) is 83.4 Å². The first-order valence-corrected chi connectivity index (χ1v) is 12.2. The van der Waals surface area contributed by atoms with Gasteiger partial charge in [-0.15, -0.1) is 24.8 Å². The summed E-state index contributed by atoms with van der Waals surface area (Å²) in [4.78, 5) is 2.43. The summed E-state index contributed by atoms with van der Waals surface area (Å²) in [7, 11) is 1.64. The van der Waals surface area contributed by atoms with E-state index in [4.69, 9.17) is 14.2 Å². The van der Waals surface area contributed by atoms with Crippen LogP contribution in [0.4, 0.5) is 0 Å². The van der Waals surface area contributed by atoms with Crippen molar-refractivity contribution in [1.29, 1.82) is 0 Å². The predicted octanol–water partition coefficient (Wildman–Crippen LogP) is 3.21. The number of likely N-dealkylation sites (tertiary alicyclic amines) is 1. The van der Waals surface area contributed by atoms with Gasteiger partial charge in [-0.2, -0.15) is 0 Å². The molecule has 0 bridgehead atoms. The Hall–Kier alpha value is -0.800. The highest BCUT2D eigenvalue weighted by Gasteiger charge is 2.34. The number of hydrogen-bond donors (Lipinski definition) is 3. The third-order valence-electron chi connectivity index (χ3n) is 6.48. The van der Waals surface area contributed by atoms with Gasteiger partial charge in [-0.3, -0.25) is 4.90 Å². The lowest BCUT2D eigenvalue weighted by atomic mass is 9.91. The smallest absolute Gasteiger partial charge is 0.161 e. The standard InChI is InChI=1S/C25H42N2O5.2ClH/c1-18(2)26-15-21(29)17-32-24-9-8-19(14-25(24)30-3)11-13-31-23-7-5-4-6-22(23)27-12-10-20(28)16-27;;/h8-9,14,18,20-23,26,28-29H,4-7,10-13,15-17H2,1-3H3;2*1H/t20-,21?,22-,23-;;/m1../s1. The molecule has 0 radical (unpaired) electrons. The minimum Gasteiger partial charge on any atom is -0.493 e. The molecular formula is C25H44Cl2N2O5. The molecule has 198 valence electrons. The molecule has 1 unspecified atom stereocenters. The fourth-order valence-electron chi connectivity index (χ4n) is 4.69. The largest absolute Gasteiger partial charge is 0.493 e. The molecule has 0 amide bonds. The van der Waals surface area contributed by atoms with Gasteiger partial charge in [0.2, 0.25) is 0 Å². The second-order valence-electron chi connectivity index (χ2n) is 9.46. The van der Waals surface area contributed by atoms with E-state index in [0.29, 0.717) is 36.7 Å². The van der Waals surface area contributed by atoms with Crippen LogP contribution in [0.15, 0.2) is 18.2 Å². The molecule has 0 aromatic heterocycles. The fourth-order valence-corrected chi connectivity index (χ4v) is 4.69. The van der Waals surface area contributed by atoms with E-state index in [1.54, 1.807) is 7.11 Å². The quantitative estimate of drug-likeness (QED) is 0.388. The van der Waals surface area contributed by atoms with Gasteiger partial charge in [0.25, 0.3) is 0 Å². The molecule has 34 heavy (non-hydrogen) atoms. The van der Waals surface area contributed by atoms with Gasteiger partial charge in [0.15, 0.2) is 11.5 Å². The number of hydrogen-bond acceptors (Lipinski definition) is 7. The van der Waals surface area contributed by atoms with Crippen LogP contribution in [0.3, 0.4) is 0 Å². The first-order chi connectivity index (χ1) is 15.5. The van der Waals surface area contributed by atoms with E-state index in [9.17, 15) is 10.2 Å². The molecule has 1 heterocycles. The Kier molecular flexibility index (Phi) is 14.7. The molecule has 1 aromatic rings. The van der Waals surface area contributed by atoms with Crippen LogP contribution in [0.2, 0.25) is 0 Å². The highest BCUT2D eigenvalue weighted by atomic mass is 35.5. The maximum atomic E-state index is 10.1. The number of nitrogens with one attached hydrogen (secondary N) is 1. The van der Waals surface area contributed by atoms with Crippen LogP contribution in [0.5, 0.6) is 11.5 Å². The number of benzene rings is 1. The van der Waals surface area contributed by atoms with E-state index < -0.39 is 6.10 Å². The maximum Gasteiger partial charge on any atom is 0.161 e. The zero-order chi connectivity index (χ0) is 22.9. The van der Waals surface area contributed by atoms with Crippen molar-refractivity contribution in [3.05, 3.63) is 23.8 Å². The molecule has 7 nitrogen and oxygen atoms in total. The number of β-amino-alcohol motifs (C(OH)–C–C–N with tert-alkyl or cyclic N) is 1. The van der Waals surface area contributed by atoms with E-state index >= 15 is 0 Å². The van der Waals surface area contributed by atoms with E-state index in [1.807, 2.05) is 32.0 Å². The van der Waals surface area contributed by atoms with Gasteiger partial charge in [0.05, 0.1) is 25.9 Å². The second-order valence-corrected chi connectivity index (χ2v) is 9.46. The highest BCUT2D eigenvalue weighted by Crippen LogP contribution is 2.30. The zero-order valence-electron chi connectivity index (χ0n) is 20.8. The third kappa shape index (κ3) is 9.69. The van der Waals surface area contributed by atoms with Crippen LogP contribution in [0.1, 0.15) is 51.5 Å². The Bertz CT molecular complexity index is 697. The van der Waals surface area contributed by atoms with Crippen LogP contribution in [0, 0.1) is 0 Å². The minimum absolute atomic E-state index is 0. The van der Waals surface area contributed by atoms with Crippen molar-refractivity contribution in [2.45, 2.75) is 82.8 Å². The van der Waals surface area contributed by atoms with E-state index in [-0.39, 0.29) is 43.6 Å². The lowest BCUT2D eigenvalue weighted by Crippen LogP contribution is -2.46. The molecule has 1 aromatic carbocycles. The van der Waals surface area contributed by atoms with Crippen LogP contribution < -0.4 is 14.8 Å². The molecule has 0 spiro atoms. The lowest BCUT2D eigenvalue weighted by Gasteiger charge is -2.37. The van der Waals surface area contributed by atoms with Crippen LogP contribution in [0.25, 0.3) is 0 Å². The lowest BCUT2D eigenvalue weighted by molar-refractivity contribution is -0.0316. The Morgan fingerprint density at radius 1 is 1.12 bits per heavy atom. The molecule has 1 aliphatic heterocycles. The first-order valence-electron chi connectivity index (χ1n) is 12.2. The number of aliphatic hydroxyl groups excluding tert-OH is 2. The number of aliphatic hydroxyl groups is 2. The van der Waals surface area contributed by atoms with E-state index in [1.165, 1.54) is 12.8 Å². The number of halogens is 2. The summed E-state index contributed by atoms with van der Waals surface area (Å²) in [6.07, 6.45) is 5.91. The predicted molar refractivity (Wildman–Crippen MR) is 140 cm³/mol. The summed E-state index contributed by atoms with van der Waals surface area (Å²) in [6, 6.07) is 6.70. The summed E-state index contributed by atoms with van der Waals surface area (Å²) >= 11 is 0. The number of methoxy groups -OCH3 is 1. The van der Waals surface area contributed by atoms with Crippen molar-refractivity contribution in [1.82, 2.24) is 10.2 Å². The van der Waals surface area contributed by atoms with Gasteiger partial charge in [-0.1, -0.05) is 32.8 Å². The van der Waals surface area contributed by atoms with Gasteiger partial charge < -0.3 is 29.7 Å². The molecule has 3 rings (SSSR count). The molecule has 9 heteroatoms. The molecule has 2 aliphatic rings. The SMILES string of the molecule is COc1cc(CCO[C@@H]2CCCC[C@H]2N2CC[C@@H](O)C2)ccc1OCC(O)CNC(C)C.Cl.Cl. The average molecular weight is 524 g/mol. The summed E-state index contributed by atoms with van der Waals surface area (Å²) in [6.45, 7) is 7.23. The molecule has 3 N–H and O–H groups in total. The highest BCUT2D eigenvalue weighted by molar-refractivity contribution is 5.85. The Balaban J connectivity index is 0.00000289. The Morgan fingerprint density at radius 3 is 2.56 bits per heavy atom. The third-order valence-corrected chi connectivity index (χ3v) is 6.48. The first kappa shape index (κ1) is 31.2. The Labute approximate surface area is 217 Å². The van der Waals surface area contributed by atoms with Gasteiger partial charge in [0, 0.05) is 31.7 Å². The second kappa shape index (κ2) is 16.0. The van der Waals surface area contributed by atoms with Crippen molar-refractivity contribution in [2.24, 2.45) is 0 Å². The van der Waals surface area contributed by atoms with Crippen LogP contribution in [-0.4, -0.2) is 85.5 Å². The van der Waals surface area contributed by atoms with Crippen LogP contribution in [-0.2, 0) is 11.2 Å². The summed E-state index contributed by atoms with van der Waals surface area (Å²) < 4.78 is 17.6. The monoisotopic (exact) mass is 522 g/mol. The van der Waals surface area contributed by atoms with Crippen LogP contribution >= 0.6 is 24.8 Å². The molecule has 1 saturated heterocycles. The van der Waals surface area contributed by atoms with Gasteiger partial charge in [0.1, 0.15) is 12.7 Å². The molecule has 4 atom stereocenters. The molecule has 1 saturated carbocycles. The Morgan fingerprint density at radius 2 is 1.88 bits per heavy atom. The molecule has 2 fully saturated rings. The maximum absolute atomic E-state index is 10.1. The zero-order valence-corrected chi connectivity index (χ0v) is 22.4.